The predicted molar refractivity (Wildman–Crippen MR) is 80.1 cm³/mol. The van der Waals surface area contributed by atoms with E-state index in [0.29, 0.717) is 10.7 Å². The van der Waals surface area contributed by atoms with E-state index in [9.17, 15) is 0 Å². The van der Waals surface area contributed by atoms with Gasteiger partial charge in [-0.15, -0.1) is 0 Å². The summed E-state index contributed by atoms with van der Waals surface area (Å²) in [6.07, 6.45) is 1.12. The minimum Gasteiger partial charge on any atom is -0.398 e. The highest BCUT2D eigenvalue weighted by atomic mass is 35.5. The molecule has 1 heterocycles. The van der Waals surface area contributed by atoms with Crippen LogP contribution in [0, 0.1) is 0 Å². The molecular weight excluding hydrogens is 256 g/mol. The van der Waals surface area contributed by atoms with Crippen LogP contribution in [0.3, 0.4) is 0 Å². The van der Waals surface area contributed by atoms with Gasteiger partial charge in [0, 0.05) is 19.6 Å². The van der Waals surface area contributed by atoms with Crippen LogP contribution >= 0.6 is 11.6 Å². The van der Waals surface area contributed by atoms with Crippen LogP contribution in [-0.2, 0) is 19.5 Å². The SMILES string of the molecule is Nc1cc(CN2CCc3ccccc3C2)ccc1Cl. The lowest BCUT2D eigenvalue weighted by Crippen LogP contribution is -2.29. The first-order valence-electron chi connectivity index (χ1n) is 6.55. The molecule has 2 nitrogen and oxygen atoms in total. The monoisotopic (exact) mass is 272 g/mol. The molecule has 0 aliphatic carbocycles. The highest BCUT2D eigenvalue weighted by molar-refractivity contribution is 6.33. The van der Waals surface area contributed by atoms with E-state index < -0.39 is 0 Å². The van der Waals surface area contributed by atoms with Crippen LogP contribution < -0.4 is 5.73 Å². The quantitative estimate of drug-likeness (QED) is 0.848. The first kappa shape index (κ1) is 12.5. The van der Waals surface area contributed by atoms with E-state index in [0.717, 1.165) is 26.1 Å². The first-order valence-corrected chi connectivity index (χ1v) is 6.93. The molecule has 2 aromatic rings. The number of benzene rings is 2. The van der Waals surface area contributed by atoms with Crippen molar-refractivity contribution in [2.24, 2.45) is 0 Å². The van der Waals surface area contributed by atoms with Crippen LogP contribution in [0.4, 0.5) is 5.69 Å². The molecular formula is C16H17ClN2. The molecule has 3 heteroatoms. The van der Waals surface area contributed by atoms with Gasteiger partial charge >= 0.3 is 0 Å². The highest BCUT2D eigenvalue weighted by Gasteiger charge is 2.15. The molecule has 2 aromatic carbocycles. The Hall–Kier alpha value is -1.51. The van der Waals surface area contributed by atoms with Crippen LogP contribution in [0.2, 0.25) is 5.02 Å². The predicted octanol–water partition coefficient (Wildman–Crippen LogP) is 3.48. The molecule has 0 fully saturated rings. The van der Waals surface area contributed by atoms with Crippen LogP contribution in [-0.4, -0.2) is 11.4 Å². The van der Waals surface area contributed by atoms with Gasteiger partial charge < -0.3 is 5.73 Å². The standard InChI is InChI=1S/C16H17ClN2/c17-15-6-5-12(9-16(15)18)10-19-8-7-13-3-1-2-4-14(13)11-19/h1-6,9H,7-8,10-11,18H2. The summed E-state index contributed by atoms with van der Waals surface area (Å²) < 4.78 is 0. The van der Waals surface area contributed by atoms with E-state index in [1.807, 2.05) is 12.1 Å². The average Bonchev–Trinajstić information content (AvgIpc) is 2.43. The molecule has 19 heavy (non-hydrogen) atoms. The lowest BCUT2D eigenvalue weighted by Gasteiger charge is -2.28. The van der Waals surface area contributed by atoms with Crippen molar-refractivity contribution in [2.45, 2.75) is 19.5 Å². The highest BCUT2D eigenvalue weighted by Crippen LogP contribution is 2.23. The largest absolute Gasteiger partial charge is 0.398 e. The van der Waals surface area contributed by atoms with Crippen molar-refractivity contribution < 1.29 is 0 Å². The number of fused-ring (bicyclic) bond motifs is 1. The maximum absolute atomic E-state index is 5.95. The Bertz CT molecular complexity index is 595. The average molecular weight is 273 g/mol. The Balaban J connectivity index is 1.73. The normalized spacial score (nSPS) is 15.2. The smallest absolute Gasteiger partial charge is 0.0635 e. The molecule has 0 spiro atoms. The summed E-state index contributed by atoms with van der Waals surface area (Å²) in [7, 11) is 0. The molecule has 3 rings (SSSR count). The Morgan fingerprint density at radius 3 is 2.68 bits per heavy atom. The van der Waals surface area contributed by atoms with Crippen molar-refractivity contribution in [1.82, 2.24) is 4.90 Å². The summed E-state index contributed by atoms with van der Waals surface area (Å²) in [5.74, 6) is 0. The van der Waals surface area contributed by atoms with Crippen molar-refractivity contribution in [2.75, 3.05) is 12.3 Å². The molecule has 0 saturated carbocycles. The van der Waals surface area contributed by atoms with Gasteiger partial charge in [0.05, 0.1) is 10.7 Å². The Kier molecular flexibility index (Phi) is 3.45. The third kappa shape index (κ3) is 2.75. The molecule has 0 radical (unpaired) electrons. The second-order valence-corrected chi connectivity index (χ2v) is 5.49. The maximum atomic E-state index is 5.95. The van der Waals surface area contributed by atoms with Gasteiger partial charge in [-0.25, -0.2) is 0 Å². The lowest BCUT2D eigenvalue weighted by molar-refractivity contribution is 0.245. The molecule has 0 bridgehead atoms. The van der Waals surface area contributed by atoms with Gasteiger partial charge in [-0.05, 0) is 35.2 Å². The fourth-order valence-electron chi connectivity index (χ4n) is 2.64. The minimum absolute atomic E-state index is 0.632. The lowest BCUT2D eigenvalue weighted by atomic mass is 9.99. The van der Waals surface area contributed by atoms with Crippen molar-refractivity contribution >= 4 is 17.3 Å². The zero-order valence-electron chi connectivity index (χ0n) is 10.8. The van der Waals surface area contributed by atoms with Gasteiger partial charge in [-0.2, -0.15) is 0 Å². The summed E-state index contributed by atoms with van der Waals surface area (Å²) in [4.78, 5) is 2.45. The minimum atomic E-state index is 0.632. The van der Waals surface area contributed by atoms with Gasteiger partial charge in [0.25, 0.3) is 0 Å². The molecule has 0 aromatic heterocycles. The number of nitrogens with two attached hydrogens (primary N) is 1. The molecule has 1 aliphatic rings. The molecule has 0 atom stereocenters. The van der Waals surface area contributed by atoms with E-state index in [4.69, 9.17) is 17.3 Å². The van der Waals surface area contributed by atoms with Crippen molar-refractivity contribution in [3.05, 3.63) is 64.2 Å². The van der Waals surface area contributed by atoms with Crippen LogP contribution in [0.15, 0.2) is 42.5 Å². The second kappa shape index (κ2) is 5.24. The number of hydrogen-bond donors (Lipinski definition) is 1. The summed E-state index contributed by atoms with van der Waals surface area (Å²) in [6.45, 7) is 3.04. The zero-order chi connectivity index (χ0) is 13.2. The summed E-state index contributed by atoms with van der Waals surface area (Å²) >= 11 is 5.95. The Morgan fingerprint density at radius 2 is 1.89 bits per heavy atom. The Morgan fingerprint density at radius 1 is 1.11 bits per heavy atom. The summed E-state index contributed by atoms with van der Waals surface area (Å²) in [5.41, 5.74) is 10.7. The zero-order valence-corrected chi connectivity index (χ0v) is 11.5. The topological polar surface area (TPSA) is 29.3 Å². The number of anilines is 1. The van der Waals surface area contributed by atoms with Gasteiger partial charge in [-0.3, -0.25) is 4.90 Å². The van der Waals surface area contributed by atoms with Crippen LogP contribution in [0.5, 0.6) is 0 Å². The van der Waals surface area contributed by atoms with Crippen molar-refractivity contribution in [1.29, 1.82) is 0 Å². The third-order valence-corrected chi connectivity index (χ3v) is 4.02. The first-order chi connectivity index (χ1) is 9.22. The van der Waals surface area contributed by atoms with E-state index in [2.05, 4.69) is 35.2 Å². The number of halogens is 1. The molecule has 2 N–H and O–H groups in total. The molecule has 0 saturated heterocycles. The van der Waals surface area contributed by atoms with E-state index >= 15 is 0 Å². The number of hydrogen-bond acceptors (Lipinski definition) is 2. The fraction of sp³-hybridized carbons (Fsp3) is 0.250. The van der Waals surface area contributed by atoms with E-state index in [1.165, 1.54) is 16.7 Å². The summed E-state index contributed by atoms with van der Waals surface area (Å²) in [5, 5.41) is 0.632. The number of nitrogen functional groups attached to an aromatic ring is 1. The van der Waals surface area contributed by atoms with Gasteiger partial charge in [0.15, 0.2) is 0 Å². The third-order valence-electron chi connectivity index (χ3n) is 3.68. The molecule has 0 amide bonds. The van der Waals surface area contributed by atoms with Crippen molar-refractivity contribution in [3.8, 4) is 0 Å². The number of nitrogens with zero attached hydrogens (tertiary/aromatic N) is 1. The van der Waals surface area contributed by atoms with Crippen LogP contribution in [0.25, 0.3) is 0 Å². The molecule has 98 valence electrons. The second-order valence-electron chi connectivity index (χ2n) is 5.09. The van der Waals surface area contributed by atoms with E-state index in [1.54, 1.807) is 0 Å². The van der Waals surface area contributed by atoms with Gasteiger partial charge in [0.1, 0.15) is 0 Å². The Labute approximate surface area is 118 Å². The molecule has 0 unspecified atom stereocenters. The van der Waals surface area contributed by atoms with E-state index in [-0.39, 0.29) is 0 Å². The van der Waals surface area contributed by atoms with Gasteiger partial charge in [-0.1, -0.05) is 41.9 Å². The van der Waals surface area contributed by atoms with Crippen molar-refractivity contribution in [3.63, 3.8) is 0 Å². The molecule has 1 aliphatic heterocycles. The number of rotatable bonds is 2. The van der Waals surface area contributed by atoms with Gasteiger partial charge in [0.2, 0.25) is 0 Å². The maximum Gasteiger partial charge on any atom is 0.0635 e. The van der Waals surface area contributed by atoms with Crippen LogP contribution in [0.1, 0.15) is 16.7 Å². The summed E-state index contributed by atoms with van der Waals surface area (Å²) in [6, 6.07) is 14.6. The fourth-order valence-corrected chi connectivity index (χ4v) is 2.76.